The Balaban J connectivity index is 2.38. The third-order valence-electron chi connectivity index (χ3n) is 2.66. The molecule has 0 spiro atoms. The van der Waals surface area contributed by atoms with E-state index in [-0.39, 0.29) is 22.6 Å². The van der Waals surface area contributed by atoms with Crippen LogP contribution < -0.4 is 5.32 Å². The first-order valence-corrected chi connectivity index (χ1v) is 7.58. The van der Waals surface area contributed by atoms with Crippen molar-refractivity contribution in [3.63, 3.8) is 0 Å². The number of aromatic carboxylic acids is 1. The zero-order valence-electron chi connectivity index (χ0n) is 10.4. The first kappa shape index (κ1) is 15.8. The second kappa shape index (κ2) is 6.44. The minimum absolute atomic E-state index is 0.0309. The lowest BCUT2D eigenvalue weighted by Crippen LogP contribution is -2.15. The number of rotatable bonds is 3. The van der Waals surface area contributed by atoms with E-state index in [9.17, 15) is 14.7 Å². The Morgan fingerprint density at radius 2 is 1.81 bits per heavy atom. The van der Waals surface area contributed by atoms with E-state index in [0.29, 0.717) is 4.47 Å². The number of carboxylic acids is 1. The summed E-state index contributed by atoms with van der Waals surface area (Å²) in [5.41, 5.74) is 0.204. The maximum absolute atomic E-state index is 12.2. The molecule has 0 unspecified atom stereocenters. The van der Waals surface area contributed by atoms with Crippen molar-refractivity contribution in [1.82, 2.24) is 0 Å². The average molecular weight is 462 g/mol. The van der Waals surface area contributed by atoms with Gasteiger partial charge in [0.2, 0.25) is 0 Å². The average Bonchev–Trinajstić information content (AvgIpc) is 2.41. The highest BCUT2D eigenvalue weighted by molar-refractivity contribution is 14.1. The highest BCUT2D eigenvalue weighted by Crippen LogP contribution is 2.25. The second-order valence-corrected chi connectivity index (χ2v) is 6.27. The van der Waals surface area contributed by atoms with Crippen LogP contribution in [0.5, 0.6) is 5.75 Å². The number of phenolic OH excluding ortho intramolecular Hbond substituents is 1. The molecule has 0 aliphatic carbocycles. The second-order valence-electron chi connectivity index (χ2n) is 4.11. The van der Waals surface area contributed by atoms with Gasteiger partial charge in [0.05, 0.1) is 16.8 Å². The zero-order chi connectivity index (χ0) is 15.6. The Morgan fingerprint density at radius 3 is 2.48 bits per heavy atom. The van der Waals surface area contributed by atoms with Crippen LogP contribution in [-0.2, 0) is 0 Å². The highest BCUT2D eigenvalue weighted by atomic mass is 127. The molecule has 0 saturated heterocycles. The molecular weight excluding hydrogens is 453 g/mol. The van der Waals surface area contributed by atoms with Crippen molar-refractivity contribution in [1.29, 1.82) is 0 Å². The third-order valence-corrected chi connectivity index (χ3v) is 3.83. The minimum Gasteiger partial charge on any atom is -0.507 e. The smallest absolute Gasteiger partial charge is 0.337 e. The van der Waals surface area contributed by atoms with Gasteiger partial charge in [-0.2, -0.15) is 0 Å². The molecule has 3 N–H and O–H groups in total. The third kappa shape index (κ3) is 3.73. The summed E-state index contributed by atoms with van der Waals surface area (Å²) in [6.07, 6.45) is 0. The van der Waals surface area contributed by atoms with Crippen LogP contribution in [0.4, 0.5) is 5.69 Å². The number of aromatic hydroxyl groups is 1. The number of nitrogens with one attached hydrogen (secondary N) is 1. The van der Waals surface area contributed by atoms with Gasteiger partial charge in [-0.3, -0.25) is 4.79 Å². The molecule has 1 amide bonds. The van der Waals surface area contributed by atoms with Crippen LogP contribution in [0.25, 0.3) is 0 Å². The molecule has 2 aromatic carbocycles. The molecule has 5 nitrogen and oxygen atoms in total. The van der Waals surface area contributed by atoms with Crippen LogP contribution in [0.1, 0.15) is 20.7 Å². The Labute approximate surface area is 142 Å². The monoisotopic (exact) mass is 461 g/mol. The lowest BCUT2D eigenvalue weighted by Gasteiger charge is -2.10. The summed E-state index contributed by atoms with van der Waals surface area (Å²) in [6, 6.07) is 9.04. The maximum Gasteiger partial charge on any atom is 0.337 e. The molecule has 2 aromatic rings. The predicted molar refractivity (Wildman–Crippen MR) is 89.9 cm³/mol. The quantitative estimate of drug-likeness (QED) is 0.608. The molecule has 21 heavy (non-hydrogen) atoms. The first-order valence-electron chi connectivity index (χ1n) is 5.71. The van der Waals surface area contributed by atoms with E-state index < -0.39 is 11.9 Å². The maximum atomic E-state index is 12.2. The lowest BCUT2D eigenvalue weighted by atomic mass is 10.1. The number of amides is 1. The van der Waals surface area contributed by atoms with Gasteiger partial charge < -0.3 is 15.5 Å². The van der Waals surface area contributed by atoms with E-state index >= 15 is 0 Å². The predicted octanol–water partition coefficient (Wildman–Crippen LogP) is 3.71. The lowest BCUT2D eigenvalue weighted by molar-refractivity contribution is 0.0698. The number of carboxylic acid groups (broad SMARTS) is 1. The number of halogens is 2. The number of hydrogen-bond donors (Lipinski definition) is 3. The van der Waals surface area contributed by atoms with Gasteiger partial charge >= 0.3 is 5.97 Å². The molecule has 0 saturated carbocycles. The number of phenols is 1. The van der Waals surface area contributed by atoms with Crippen LogP contribution in [0.2, 0.25) is 0 Å². The molecule has 108 valence electrons. The molecule has 2 rings (SSSR count). The van der Waals surface area contributed by atoms with Crippen LogP contribution in [0.15, 0.2) is 40.9 Å². The summed E-state index contributed by atoms with van der Waals surface area (Å²) >= 11 is 5.24. The summed E-state index contributed by atoms with van der Waals surface area (Å²) in [6.45, 7) is 0. The summed E-state index contributed by atoms with van der Waals surface area (Å²) in [7, 11) is 0. The van der Waals surface area contributed by atoms with Crippen molar-refractivity contribution < 1.29 is 19.8 Å². The van der Waals surface area contributed by atoms with Gasteiger partial charge in [0.1, 0.15) is 5.75 Å². The van der Waals surface area contributed by atoms with Crippen molar-refractivity contribution in [2.24, 2.45) is 0 Å². The number of carbonyl (C=O) groups excluding carboxylic acids is 1. The highest BCUT2D eigenvalue weighted by Gasteiger charge is 2.16. The Bertz CT molecular complexity index is 733. The Hall–Kier alpha value is -1.61. The van der Waals surface area contributed by atoms with Crippen LogP contribution in [0, 0.1) is 3.57 Å². The van der Waals surface area contributed by atoms with Crippen LogP contribution in [0.3, 0.4) is 0 Å². The minimum atomic E-state index is -1.15. The number of hydrogen-bond acceptors (Lipinski definition) is 3. The Morgan fingerprint density at radius 1 is 1.10 bits per heavy atom. The fraction of sp³-hybridized carbons (Fsp3) is 0. The topological polar surface area (TPSA) is 86.6 Å². The van der Waals surface area contributed by atoms with Crippen LogP contribution in [-0.4, -0.2) is 22.1 Å². The van der Waals surface area contributed by atoms with E-state index in [4.69, 9.17) is 5.11 Å². The van der Waals surface area contributed by atoms with Gasteiger partial charge in [-0.1, -0.05) is 15.9 Å². The molecule has 0 heterocycles. The summed E-state index contributed by atoms with van der Waals surface area (Å²) in [4.78, 5) is 23.3. The van der Waals surface area contributed by atoms with E-state index in [1.54, 1.807) is 12.1 Å². The summed E-state index contributed by atoms with van der Waals surface area (Å²) in [5, 5.41) is 21.4. The molecule has 0 radical (unpaired) electrons. The molecule has 0 aliphatic heterocycles. The SMILES string of the molecule is O=C(Nc1cc(Br)ccc1C(=O)O)c1cc(I)ccc1O. The largest absolute Gasteiger partial charge is 0.507 e. The van der Waals surface area contributed by atoms with Crippen molar-refractivity contribution in [3.8, 4) is 5.75 Å². The van der Waals surface area contributed by atoms with Gasteiger partial charge in [0.15, 0.2) is 0 Å². The molecule has 7 heteroatoms. The van der Waals surface area contributed by atoms with Crippen molar-refractivity contribution in [2.75, 3.05) is 5.32 Å². The standard InChI is InChI=1S/C14H9BrINO4/c15-7-1-3-9(14(20)21)11(5-7)17-13(19)10-6-8(16)2-4-12(10)18/h1-6,18H,(H,17,19)(H,20,21). The fourth-order valence-electron chi connectivity index (χ4n) is 1.69. The van der Waals surface area contributed by atoms with Crippen molar-refractivity contribution >= 4 is 56.1 Å². The van der Waals surface area contributed by atoms with E-state index in [2.05, 4.69) is 21.2 Å². The van der Waals surface area contributed by atoms with Gasteiger partial charge in [0.25, 0.3) is 5.91 Å². The number of benzene rings is 2. The van der Waals surface area contributed by atoms with Crippen molar-refractivity contribution in [2.45, 2.75) is 0 Å². The van der Waals surface area contributed by atoms with Gasteiger partial charge in [0, 0.05) is 8.04 Å². The molecule has 0 atom stereocenters. The zero-order valence-corrected chi connectivity index (χ0v) is 14.2. The van der Waals surface area contributed by atoms with E-state index in [0.717, 1.165) is 3.57 Å². The molecule has 0 bridgehead atoms. The summed E-state index contributed by atoms with van der Waals surface area (Å²) in [5.74, 6) is -1.89. The van der Waals surface area contributed by atoms with Crippen molar-refractivity contribution in [3.05, 3.63) is 55.6 Å². The fourth-order valence-corrected chi connectivity index (χ4v) is 2.54. The molecule has 0 aliphatic rings. The Kier molecular flexibility index (Phi) is 4.84. The molecule has 0 fully saturated rings. The van der Waals surface area contributed by atoms with Gasteiger partial charge in [-0.15, -0.1) is 0 Å². The van der Waals surface area contributed by atoms with E-state index in [1.807, 2.05) is 22.6 Å². The number of carbonyl (C=O) groups is 2. The summed E-state index contributed by atoms with van der Waals surface area (Å²) < 4.78 is 1.41. The molecule has 0 aromatic heterocycles. The van der Waals surface area contributed by atoms with E-state index in [1.165, 1.54) is 24.3 Å². The first-order chi connectivity index (χ1) is 9.88. The van der Waals surface area contributed by atoms with Crippen LogP contribution >= 0.6 is 38.5 Å². The van der Waals surface area contributed by atoms with Gasteiger partial charge in [-0.05, 0) is 59.0 Å². The molecular formula is C14H9BrINO4. The van der Waals surface area contributed by atoms with Gasteiger partial charge in [-0.25, -0.2) is 4.79 Å². The number of anilines is 1. The normalized spacial score (nSPS) is 10.2.